The molecule has 1 aromatic carbocycles. The predicted molar refractivity (Wildman–Crippen MR) is 90.6 cm³/mol. The van der Waals surface area contributed by atoms with E-state index in [1.165, 1.54) is 0 Å². The fraction of sp³-hybridized carbons (Fsp3) is 0.471. The van der Waals surface area contributed by atoms with Gasteiger partial charge in [-0.15, -0.1) is 0 Å². The van der Waals surface area contributed by atoms with Crippen LogP contribution in [0.3, 0.4) is 0 Å². The molecule has 0 aliphatic carbocycles. The van der Waals surface area contributed by atoms with Crippen LogP contribution in [-0.4, -0.2) is 27.8 Å². The van der Waals surface area contributed by atoms with Crippen molar-refractivity contribution in [2.24, 2.45) is 5.41 Å². The summed E-state index contributed by atoms with van der Waals surface area (Å²) in [6.07, 6.45) is 0. The molecule has 2 N–H and O–H groups in total. The molecule has 0 saturated carbocycles. The molecule has 1 amide bonds. The molecule has 0 spiro atoms. The lowest BCUT2D eigenvalue weighted by Gasteiger charge is -2.27. The maximum atomic E-state index is 12.4. The summed E-state index contributed by atoms with van der Waals surface area (Å²) in [6, 6.07) is 1.83. The summed E-state index contributed by atoms with van der Waals surface area (Å²) < 4.78 is 0. The number of aromatic amines is 2. The first kappa shape index (κ1) is 17.0. The summed E-state index contributed by atoms with van der Waals surface area (Å²) in [7, 11) is 1.74. The van der Waals surface area contributed by atoms with Gasteiger partial charge in [-0.3, -0.25) is 14.4 Å². The number of aryl methyl sites for hydroxylation is 1. The zero-order chi connectivity index (χ0) is 17.5. The van der Waals surface area contributed by atoms with Gasteiger partial charge < -0.3 is 14.9 Å². The maximum absolute atomic E-state index is 12.4. The lowest BCUT2D eigenvalue weighted by molar-refractivity contribution is -0.138. The Labute approximate surface area is 134 Å². The molecule has 6 nitrogen and oxygen atoms in total. The number of rotatable bonds is 2. The van der Waals surface area contributed by atoms with E-state index < -0.39 is 16.5 Å². The topological polar surface area (TPSA) is 86.0 Å². The van der Waals surface area contributed by atoms with Crippen molar-refractivity contribution in [2.75, 3.05) is 7.05 Å². The molecule has 2 aromatic rings. The number of nitrogens with zero attached hydrogens (tertiary/aromatic N) is 1. The van der Waals surface area contributed by atoms with Gasteiger partial charge in [-0.1, -0.05) is 20.8 Å². The van der Waals surface area contributed by atoms with Crippen molar-refractivity contribution in [3.05, 3.63) is 43.5 Å². The number of carbonyl (C=O) groups is 1. The third kappa shape index (κ3) is 3.21. The normalized spacial score (nSPS) is 11.7. The summed E-state index contributed by atoms with van der Waals surface area (Å²) in [6.45, 7) is 9.85. The minimum Gasteiger partial charge on any atom is -0.341 e. The van der Waals surface area contributed by atoms with Crippen LogP contribution in [0.2, 0.25) is 0 Å². The molecule has 0 fully saturated rings. The van der Waals surface area contributed by atoms with Gasteiger partial charge in [0.15, 0.2) is 0 Å². The van der Waals surface area contributed by atoms with Gasteiger partial charge in [-0.2, -0.15) is 0 Å². The van der Waals surface area contributed by atoms with Crippen molar-refractivity contribution in [3.8, 4) is 0 Å². The first-order valence-electron chi connectivity index (χ1n) is 7.53. The van der Waals surface area contributed by atoms with Gasteiger partial charge in [0.1, 0.15) is 0 Å². The Morgan fingerprint density at radius 1 is 1.13 bits per heavy atom. The zero-order valence-corrected chi connectivity index (χ0v) is 14.5. The van der Waals surface area contributed by atoms with Crippen LogP contribution in [0.4, 0.5) is 0 Å². The van der Waals surface area contributed by atoms with Crippen molar-refractivity contribution < 1.29 is 4.79 Å². The largest absolute Gasteiger partial charge is 0.341 e. The minimum absolute atomic E-state index is 0.0123. The molecule has 0 unspecified atom stereocenters. The smallest absolute Gasteiger partial charge is 0.314 e. The summed E-state index contributed by atoms with van der Waals surface area (Å²) >= 11 is 0. The number of hydrogen-bond donors (Lipinski definition) is 2. The van der Waals surface area contributed by atoms with E-state index in [1.54, 1.807) is 11.9 Å². The SMILES string of the molecule is Cc1cc2[nH]c(=O)c(=O)[nH]c2c(CN(C)C(=O)C(C)(C)C)c1C. The maximum Gasteiger partial charge on any atom is 0.314 e. The van der Waals surface area contributed by atoms with Gasteiger partial charge in [0.25, 0.3) is 0 Å². The Bertz CT molecular complexity index is 885. The molecule has 0 atom stereocenters. The third-order valence-electron chi connectivity index (χ3n) is 4.05. The second-order valence-electron chi connectivity index (χ2n) is 7.04. The lowest BCUT2D eigenvalue weighted by Crippen LogP contribution is -2.36. The average Bonchev–Trinajstić information content (AvgIpc) is 2.44. The summed E-state index contributed by atoms with van der Waals surface area (Å²) in [4.78, 5) is 42.5. The van der Waals surface area contributed by atoms with Crippen LogP contribution in [0.5, 0.6) is 0 Å². The number of aromatic nitrogens is 2. The van der Waals surface area contributed by atoms with Gasteiger partial charge in [-0.25, -0.2) is 0 Å². The highest BCUT2D eigenvalue weighted by Crippen LogP contribution is 2.24. The molecule has 1 aromatic heterocycles. The first-order valence-corrected chi connectivity index (χ1v) is 7.53. The molecule has 0 saturated heterocycles. The molecular weight excluding hydrogens is 294 g/mol. The second-order valence-corrected chi connectivity index (χ2v) is 7.04. The first-order chi connectivity index (χ1) is 10.5. The fourth-order valence-corrected chi connectivity index (χ4v) is 2.65. The Morgan fingerprint density at radius 2 is 1.70 bits per heavy atom. The van der Waals surface area contributed by atoms with Crippen LogP contribution in [0.25, 0.3) is 11.0 Å². The summed E-state index contributed by atoms with van der Waals surface area (Å²) in [5.41, 5.74) is 2.13. The Kier molecular flexibility index (Phi) is 4.20. The number of benzene rings is 1. The van der Waals surface area contributed by atoms with E-state index >= 15 is 0 Å². The van der Waals surface area contributed by atoms with Crippen LogP contribution < -0.4 is 11.1 Å². The van der Waals surface area contributed by atoms with E-state index in [9.17, 15) is 14.4 Å². The van der Waals surface area contributed by atoms with E-state index in [4.69, 9.17) is 0 Å². The van der Waals surface area contributed by atoms with Crippen molar-refractivity contribution >= 4 is 16.9 Å². The van der Waals surface area contributed by atoms with Crippen LogP contribution >= 0.6 is 0 Å². The van der Waals surface area contributed by atoms with Crippen molar-refractivity contribution in [1.29, 1.82) is 0 Å². The molecule has 0 radical (unpaired) electrons. The summed E-state index contributed by atoms with van der Waals surface area (Å²) in [5.74, 6) is 0.0123. The fourth-order valence-electron chi connectivity index (χ4n) is 2.65. The number of carbonyl (C=O) groups excluding carboxylic acids is 1. The number of amides is 1. The van der Waals surface area contributed by atoms with Crippen LogP contribution in [0.1, 0.15) is 37.5 Å². The highest BCUT2D eigenvalue weighted by molar-refractivity contribution is 5.83. The molecule has 124 valence electrons. The van der Waals surface area contributed by atoms with Gasteiger partial charge >= 0.3 is 11.1 Å². The van der Waals surface area contributed by atoms with Crippen molar-refractivity contribution in [3.63, 3.8) is 0 Å². The average molecular weight is 317 g/mol. The number of fused-ring (bicyclic) bond motifs is 1. The second kappa shape index (κ2) is 5.68. The molecular formula is C17H23N3O3. The highest BCUT2D eigenvalue weighted by atomic mass is 16.2. The molecule has 6 heteroatoms. The third-order valence-corrected chi connectivity index (χ3v) is 4.05. The highest BCUT2D eigenvalue weighted by Gasteiger charge is 2.26. The van der Waals surface area contributed by atoms with E-state index in [0.29, 0.717) is 17.6 Å². The standard InChI is InChI=1S/C17H23N3O3/c1-9-7-12-13(19-15(22)14(21)18-12)11(10(9)2)8-20(6)16(23)17(3,4)5/h7H,8H2,1-6H3,(H,18,21)(H,19,22). The Hall–Kier alpha value is -2.37. The molecule has 2 rings (SSSR count). The van der Waals surface area contributed by atoms with Gasteiger partial charge in [0.2, 0.25) is 5.91 Å². The van der Waals surface area contributed by atoms with Crippen molar-refractivity contribution in [2.45, 2.75) is 41.2 Å². The van der Waals surface area contributed by atoms with Crippen molar-refractivity contribution in [1.82, 2.24) is 14.9 Å². The Morgan fingerprint density at radius 3 is 2.26 bits per heavy atom. The molecule has 0 aliphatic heterocycles. The van der Waals surface area contributed by atoms with E-state index in [1.807, 2.05) is 40.7 Å². The van der Waals surface area contributed by atoms with Gasteiger partial charge in [0, 0.05) is 24.6 Å². The van der Waals surface area contributed by atoms with E-state index in [-0.39, 0.29) is 5.91 Å². The predicted octanol–water partition coefficient (Wildman–Crippen LogP) is 1.84. The zero-order valence-electron chi connectivity index (χ0n) is 14.5. The minimum atomic E-state index is -0.688. The van der Waals surface area contributed by atoms with Crippen LogP contribution in [0.15, 0.2) is 15.7 Å². The van der Waals surface area contributed by atoms with Crippen LogP contribution in [-0.2, 0) is 11.3 Å². The molecule has 0 bridgehead atoms. The molecule has 23 heavy (non-hydrogen) atoms. The molecule has 1 heterocycles. The van der Waals surface area contributed by atoms with E-state index in [0.717, 1.165) is 16.7 Å². The van der Waals surface area contributed by atoms with E-state index in [2.05, 4.69) is 9.97 Å². The lowest BCUT2D eigenvalue weighted by atomic mass is 9.94. The number of nitrogens with one attached hydrogen (secondary N) is 2. The quantitative estimate of drug-likeness (QED) is 0.829. The van der Waals surface area contributed by atoms with Gasteiger partial charge in [0.05, 0.1) is 11.0 Å². The Balaban J connectivity index is 2.62. The molecule has 0 aliphatic rings. The van der Waals surface area contributed by atoms with Gasteiger partial charge in [-0.05, 0) is 31.0 Å². The van der Waals surface area contributed by atoms with Crippen LogP contribution in [0, 0.1) is 19.3 Å². The number of hydrogen-bond acceptors (Lipinski definition) is 3. The number of H-pyrrole nitrogens is 2. The monoisotopic (exact) mass is 317 g/mol. The summed E-state index contributed by atoms with van der Waals surface area (Å²) in [5, 5.41) is 0.